The van der Waals surface area contributed by atoms with Crippen LogP contribution in [0.3, 0.4) is 0 Å². The Labute approximate surface area is 85.0 Å². The third-order valence-electron chi connectivity index (χ3n) is 3.54. The van der Waals surface area contributed by atoms with Gasteiger partial charge in [-0.05, 0) is 16.6 Å². The molecule has 1 atom stereocenters. The smallest absolute Gasteiger partial charge is 0.200 e. The van der Waals surface area contributed by atoms with Gasteiger partial charge in [0.05, 0.1) is 0 Å². The lowest BCUT2D eigenvalue weighted by atomic mass is 10.4. The summed E-state index contributed by atoms with van der Waals surface area (Å²) in [7, 11) is 0.387. The first kappa shape index (κ1) is 13.2. The van der Waals surface area contributed by atoms with E-state index in [4.69, 9.17) is 4.43 Å². The summed E-state index contributed by atoms with van der Waals surface area (Å²) in [4.78, 5) is 0. The van der Waals surface area contributed by atoms with E-state index in [0.717, 1.165) is 5.54 Å². The molecule has 13 heavy (non-hydrogen) atoms. The van der Waals surface area contributed by atoms with Gasteiger partial charge in [0.25, 0.3) is 0 Å². The minimum absolute atomic E-state index is 0.715. The molecule has 0 aromatic heterocycles. The summed E-state index contributed by atoms with van der Waals surface area (Å²) < 4.78 is 5.95. The molecule has 0 saturated heterocycles. The maximum atomic E-state index is 5.95. The Balaban J connectivity index is 4.86. The quantitative estimate of drug-likeness (QED) is 0.607. The van der Waals surface area contributed by atoms with E-state index in [1.165, 1.54) is 6.42 Å². The van der Waals surface area contributed by atoms with Gasteiger partial charge in [0.2, 0.25) is 0 Å². The largest absolute Gasteiger partial charge is 0.419 e. The van der Waals surface area contributed by atoms with Crippen LogP contribution in [0.5, 0.6) is 0 Å². The normalized spacial score (nSPS) is 15.5. The molecule has 0 spiro atoms. The van der Waals surface area contributed by atoms with E-state index >= 15 is 0 Å². The van der Waals surface area contributed by atoms with Crippen LogP contribution in [0.1, 0.15) is 48.0 Å². The van der Waals surface area contributed by atoms with E-state index in [1.54, 1.807) is 0 Å². The van der Waals surface area contributed by atoms with Crippen molar-refractivity contribution in [2.45, 2.75) is 64.6 Å². The molecule has 0 amide bonds. The van der Waals surface area contributed by atoms with E-state index < -0.39 is 8.32 Å². The second-order valence-electron chi connectivity index (χ2n) is 4.68. The van der Waals surface area contributed by atoms with Crippen LogP contribution in [0.25, 0.3) is 0 Å². The van der Waals surface area contributed by atoms with Crippen molar-refractivity contribution in [3.05, 3.63) is 0 Å². The Bertz CT molecular complexity index is 135. The van der Waals surface area contributed by atoms with Gasteiger partial charge in [-0.25, -0.2) is 0 Å². The highest BCUT2D eigenvalue weighted by atomic mass is 28.4. The van der Waals surface area contributed by atoms with E-state index in [-0.39, 0.29) is 0 Å². The summed E-state index contributed by atoms with van der Waals surface area (Å²) >= 11 is 0. The van der Waals surface area contributed by atoms with Gasteiger partial charge >= 0.3 is 0 Å². The molecule has 0 heterocycles. The molecular weight excluding hydrogens is 176 g/mol. The van der Waals surface area contributed by atoms with Crippen molar-refractivity contribution in [2.24, 2.45) is 0 Å². The fourth-order valence-electron chi connectivity index (χ4n) is 2.80. The Morgan fingerprint density at radius 1 is 1.00 bits per heavy atom. The summed E-state index contributed by atoms with van der Waals surface area (Å²) in [6.07, 6.45) is 1.25. The van der Waals surface area contributed by atoms with Crippen LogP contribution in [0, 0.1) is 0 Å². The Kier molecular flexibility index (Phi) is 5.23. The van der Waals surface area contributed by atoms with Crippen LogP contribution in [0.2, 0.25) is 16.6 Å². The average molecular weight is 202 g/mol. The van der Waals surface area contributed by atoms with Crippen molar-refractivity contribution in [1.29, 1.82) is 0 Å². The van der Waals surface area contributed by atoms with Crippen LogP contribution >= 0.6 is 0 Å². The van der Waals surface area contributed by atoms with Crippen molar-refractivity contribution in [3.8, 4) is 0 Å². The molecule has 0 aliphatic rings. The Morgan fingerprint density at radius 3 is 1.46 bits per heavy atom. The summed E-state index contributed by atoms with van der Waals surface area (Å²) in [5.41, 5.74) is 2.19. The summed E-state index contributed by atoms with van der Waals surface area (Å²) in [6.45, 7) is 13.9. The molecule has 0 aliphatic carbocycles. The molecule has 0 bridgehead atoms. The van der Waals surface area contributed by atoms with Crippen LogP contribution in [0.4, 0.5) is 0 Å². The Morgan fingerprint density at radius 2 is 1.38 bits per heavy atom. The molecule has 0 rings (SSSR count). The zero-order valence-corrected chi connectivity index (χ0v) is 11.3. The van der Waals surface area contributed by atoms with E-state index in [0.29, 0.717) is 11.1 Å². The molecule has 0 aliphatic heterocycles. The molecule has 2 heteroatoms. The minimum atomic E-state index is -1.53. The third-order valence-corrected chi connectivity index (χ3v) is 9.81. The first-order chi connectivity index (χ1) is 5.93. The van der Waals surface area contributed by atoms with Gasteiger partial charge in [0.15, 0.2) is 8.32 Å². The molecule has 0 radical (unpaired) electrons. The fourth-order valence-corrected chi connectivity index (χ4v) is 8.39. The lowest BCUT2D eigenvalue weighted by Crippen LogP contribution is -2.47. The maximum absolute atomic E-state index is 5.95. The molecule has 0 saturated carbocycles. The van der Waals surface area contributed by atoms with Gasteiger partial charge in [-0.1, -0.05) is 48.0 Å². The molecule has 80 valence electrons. The summed E-state index contributed by atoms with van der Waals surface area (Å²) in [6, 6.07) is 0. The summed E-state index contributed by atoms with van der Waals surface area (Å²) in [5.74, 6) is 0. The highest BCUT2D eigenvalue weighted by Crippen LogP contribution is 2.43. The van der Waals surface area contributed by atoms with E-state index in [2.05, 4.69) is 41.5 Å². The van der Waals surface area contributed by atoms with Crippen molar-refractivity contribution >= 4 is 8.32 Å². The van der Waals surface area contributed by atoms with Gasteiger partial charge < -0.3 is 4.43 Å². The monoisotopic (exact) mass is 202 g/mol. The van der Waals surface area contributed by atoms with Gasteiger partial charge in [-0.2, -0.15) is 0 Å². The van der Waals surface area contributed by atoms with Crippen molar-refractivity contribution in [2.75, 3.05) is 7.11 Å². The first-order valence-corrected chi connectivity index (χ1v) is 7.62. The van der Waals surface area contributed by atoms with Crippen molar-refractivity contribution in [3.63, 3.8) is 0 Å². The SMILES string of the molecule is CCC(C)[Si](OC)(C(C)C)C(C)C. The number of rotatable bonds is 5. The Hall–Kier alpha value is 0.177. The highest BCUT2D eigenvalue weighted by molar-refractivity contribution is 6.77. The second kappa shape index (κ2) is 5.16. The van der Waals surface area contributed by atoms with Crippen LogP contribution in [-0.4, -0.2) is 15.4 Å². The molecule has 1 unspecified atom stereocenters. The van der Waals surface area contributed by atoms with Crippen LogP contribution in [0.15, 0.2) is 0 Å². The molecule has 1 nitrogen and oxygen atoms in total. The molecular formula is C11H26OSi. The molecule has 0 fully saturated rings. The fraction of sp³-hybridized carbons (Fsp3) is 1.00. The van der Waals surface area contributed by atoms with Gasteiger partial charge in [0, 0.05) is 7.11 Å². The topological polar surface area (TPSA) is 9.23 Å². The third kappa shape index (κ3) is 2.35. The standard InChI is InChI=1S/C11H26OSi/c1-8-11(6)13(12-7,9(2)3)10(4)5/h9-11H,8H2,1-7H3. The lowest BCUT2D eigenvalue weighted by Gasteiger charge is -2.42. The average Bonchev–Trinajstić information content (AvgIpc) is 2.04. The number of hydrogen-bond acceptors (Lipinski definition) is 1. The molecule has 0 aromatic rings. The minimum Gasteiger partial charge on any atom is -0.419 e. The zero-order valence-electron chi connectivity index (χ0n) is 10.3. The van der Waals surface area contributed by atoms with Gasteiger partial charge in [-0.3, -0.25) is 0 Å². The van der Waals surface area contributed by atoms with E-state index in [9.17, 15) is 0 Å². The first-order valence-electron chi connectivity index (χ1n) is 5.48. The predicted molar refractivity (Wildman–Crippen MR) is 62.7 cm³/mol. The van der Waals surface area contributed by atoms with E-state index in [1.807, 2.05) is 7.11 Å². The van der Waals surface area contributed by atoms with Gasteiger partial charge in [0.1, 0.15) is 0 Å². The highest BCUT2D eigenvalue weighted by Gasteiger charge is 2.44. The molecule has 0 N–H and O–H groups in total. The predicted octanol–water partition coefficient (Wildman–Crippen LogP) is 4.20. The lowest BCUT2D eigenvalue weighted by molar-refractivity contribution is 0.356. The zero-order chi connectivity index (χ0) is 10.6. The van der Waals surface area contributed by atoms with Gasteiger partial charge in [-0.15, -0.1) is 0 Å². The second-order valence-corrected chi connectivity index (χ2v) is 10.1. The summed E-state index contributed by atoms with van der Waals surface area (Å²) in [5, 5.41) is 0. The van der Waals surface area contributed by atoms with Crippen molar-refractivity contribution in [1.82, 2.24) is 0 Å². The number of hydrogen-bond donors (Lipinski definition) is 0. The van der Waals surface area contributed by atoms with Crippen molar-refractivity contribution < 1.29 is 4.43 Å². The van der Waals surface area contributed by atoms with Crippen LogP contribution in [-0.2, 0) is 4.43 Å². The van der Waals surface area contributed by atoms with Crippen LogP contribution < -0.4 is 0 Å². The maximum Gasteiger partial charge on any atom is 0.200 e. The molecule has 0 aromatic carbocycles.